The highest BCUT2D eigenvalue weighted by Gasteiger charge is 2.74. The molecule has 0 rings (SSSR count). The second-order valence-corrected chi connectivity index (χ2v) is 2.56. The molecule has 108 valence electrons. The first kappa shape index (κ1) is 19.0. The Hall–Kier alpha value is -1.32. The van der Waals surface area contributed by atoms with Crippen molar-refractivity contribution in [2.24, 2.45) is 0 Å². The molecule has 0 atom stereocenters. The van der Waals surface area contributed by atoms with E-state index in [1.165, 1.54) is 0 Å². The van der Waals surface area contributed by atoms with Gasteiger partial charge in [-0.2, -0.15) is 30.7 Å². The number of hydrogen-bond donors (Lipinski definition) is 1. The highest BCUT2D eigenvalue weighted by Crippen LogP contribution is 2.46. The lowest BCUT2D eigenvalue weighted by Gasteiger charge is -2.26. The van der Waals surface area contributed by atoms with Gasteiger partial charge in [0.15, 0.2) is 0 Å². The lowest BCUT2D eigenvalue weighted by molar-refractivity contribution is -0.423. The normalized spacial score (nSPS) is 12.4. The van der Waals surface area contributed by atoms with Crippen molar-refractivity contribution in [3.8, 4) is 0 Å². The summed E-state index contributed by atoms with van der Waals surface area (Å²) in [6.45, 7) is 2.89. The van der Waals surface area contributed by atoms with Gasteiger partial charge in [0, 0.05) is 6.08 Å². The van der Waals surface area contributed by atoms with Gasteiger partial charge in [-0.1, -0.05) is 6.58 Å². The predicted molar refractivity (Wildman–Crippen MR) is 45.4 cm³/mol. The molecule has 0 saturated carbocycles. The highest BCUT2D eigenvalue weighted by atomic mass is 19.4. The number of carboxylic acid groups (broad SMARTS) is 1. The molecule has 0 spiro atoms. The molecular weight excluding hydrogens is 277 g/mol. The van der Waals surface area contributed by atoms with Crippen molar-refractivity contribution in [1.82, 2.24) is 0 Å². The lowest BCUT2D eigenvalue weighted by atomic mass is 10.3. The molecule has 0 heterocycles. The van der Waals surface area contributed by atoms with Gasteiger partial charge in [0.25, 0.3) is 0 Å². The molecule has 0 aliphatic heterocycles. The van der Waals surface area contributed by atoms with Crippen LogP contribution in [0.25, 0.3) is 0 Å². The highest BCUT2D eigenvalue weighted by molar-refractivity contribution is 5.78. The van der Waals surface area contributed by atoms with E-state index >= 15 is 0 Å². The fourth-order valence-corrected chi connectivity index (χ4v) is 0.437. The van der Waals surface area contributed by atoms with Crippen molar-refractivity contribution >= 4 is 5.97 Å². The first-order valence-corrected chi connectivity index (χ1v) is 4.15. The van der Waals surface area contributed by atoms with E-state index in [-0.39, 0.29) is 0 Å². The first-order chi connectivity index (χ1) is 7.83. The third kappa shape index (κ3) is 5.34. The van der Waals surface area contributed by atoms with Gasteiger partial charge in [-0.15, -0.1) is 0 Å². The number of alkyl halides is 7. The number of ether oxygens (including phenoxy) is 1. The van der Waals surface area contributed by atoms with Crippen molar-refractivity contribution in [2.45, 2.75) is 25.1 Å². The molecule has 3 nitrogen and oxygen atoms in total. The summed E-state index contributed by atoms with van der Waals surface area (Å²) < 4.78 is 84.8. The molecule has 0 amide bonds. The van der Waals surface area contributed by atoms with Gasteiger partial charge in [0.2, 0.25) is 0 Å². The minimum atomic E-state index is -6.33. The molecule has 0 radical (unpaired) electrons. The number of rotatable bonds is 4. The predicted octanol–water partition coefficient (Wildman–Crippen LogP) is 3.07. The van der Waals surface area contributed by atoms with Crippen molar-refractivity contribution in [2.75, 3.05) is 6.61 Å². The molecular formula is C8H9F7O3. The average molecular weight is 286 g/mol. The van der Waals surface area contributed by atoms with Crippen LogP contribution in [0.4, 0.5) is 30.7 Å². The van der Waals surface area contributed by atoms with E-state index in [4.69, 9.17) is 5.11 Å². The van der Waals surface area contributed by atoms with Crippen LogP contribution in [0.15, 0.2) is 12.7 Å². The van der Waals surface area contributed by atoms with Gasteiger partial charge in [0.1, 0.15) is 0 Å². The van der Waals surface area contributed by atoms with Gasteiger partial charge in [0.05, 0.1) is 6.61 Å². The Labute approximate surface area is 96.8 Å². The fourth-order valence-electron chi connectivity index (χ4n) is 0.437. The van der Waals surface area contributed by atoms with E-state index in [2.05, 4.69) is 11.3 Å². The van der Waals surface area contributed by atoms with Crippen LogP contribution in [0.2, 0.25) is 0 Å². The third-order valence-corrected chi connectivity index (χ3v) is 1.22. The van der Waals surface area contributed by atoms with E-state index in [0.29, 0.717) is 0 Å². The Bertz CT molecular complexity index is 285. The van der Waals surface area contributed by atoms with Crippen LogP contribution in [0, 0.1) is 0 Å². The summed E-state index contributed by atoms with van der Waals surface area (Å²) in [7, 11) is 0. The number of carbonyl (C=O) groups is 1. The molecule has 10 heteroatoms. The third-order valence-electron chi connectivity index (χ3n) is 1.22. The van der Waals surface area contributed by atoms with Crippen LogP contribution >= 0.6 is 0 Å². The Balaban J connectivity index is 0. The van der Waals surface area contributed by atoms with E-state index in [1.54, 1.807) is 0 Å². The molecule has 1 N–H and O–H groups in total. The van der Waals surface area contributed by atoms with Crippen molar-refractivity contribution < 1.29 is 45.4 Å². The fraction of sp³-hybridized carbons (Fsp3) is 0.625. The molecule has 0 unspecified atom stereocenters. The van der Waals surface area contributed by atoms with Gasteiger partial charge < -0.3 is 9.84 Å². The lowest BCUT2D eigenvalue weighted by Crippen LogP contribution is -2.53. The minimum Gasteiger partial charge on any atom is -0.478 e. The SMILES string of the molecule is C=CC(=O)O.CCOC(F)(F)C(F)(F)C(F)(F)F. The van der Waals surface area contributed by atoms with Crippen LogP contribution in [-0.2, 0) is 9.53 Å². The maximum absolute atomic E-state index is 12.0. The van der Waals surface area contributed by atoms with E-state index in [0.717, 1.165) is 13.0 Å². The number of halogens is 7. The molecule has 0 aliphatic carbocycles. The molecule has 0 saturated heterocycles. The van der Waals surface area contributed by atoms with E-state index in [1.807, 2.05) is 0 Å². The van der Waals surface area contributed by atoms with Crippen molar-refractivity contribution in [3.63, 3.8) is 0 Å². The van der Waals surface area contributed by atoms with Crippen LogP contribution in [0.5, 0.6) is 0 Å². The summed E-state index contributed by atoms with van der Waals surface area (Å²) >= 11 is 0. The van der Waals surface area contributed by atoms with Crippen LogP contribution in [0.1, 0.15) is 6.92 Å². The molecule has 0 aliphatic rings. The monoisotopic (exact) mass is 286 g/mol. The van der Waals surface area contributed by atoms with E-state index < -0.39 is 30.8 Å². The van der Waals surface area contributed by atoms with E-state index in [9.17, 15) is 35.5 Å². The van der Waals surface area contributed by atoms with Gasteiger partial charge >= 0.3 is 24.2 Å². The first-order valence-electron chi connectivity index (χ1n) is 4.15. The average Bonchev–Trinajstić information content (AvgIpc) is 2.16. The second kappa shape index (κ2) is 6.57. The molecule has 0 bridgehead atoms. The zero-order chi connectivity index (χ0) is 15.2. The minimum absolute atomic E-state index is 0.833. The quantitative estimate of drug-likeness (QED) is 0.638. The Kier molecular flexibility index (Phi) is 6.95. The smallest absolute Gasteiger partial charge is 0.462 e. The molecule has 0 aromatic heterocycles. The molecule has 0 aromatic carbocycles. The summed E-state index contributed by atoms with van der Waals surface area (Å²) in [5.41, 5.74) is 0. The molecule has 18 heavy (non-hydrogen) atoms. The van der Waals surface area contributed by atoms with Gasteiger partial charge in [-0.3, -0.25) is 0 Å². The zero-order valence-corrected chi connectivity index (χ0v) is 8.90. The zero-order valence-electron chi connectivity index (χ0n) is 8.90. The summed E-state index contributed by atoms with van der Waals surface area (Å²) in [4.78, 5) is 9.25. The maximum atomic E-state index is 12.0. The Morgan fingerprint density at radius 1 is 1.22 bits per heavy atom. The maximum Gasteiger partial charge on any atom is 0.462 e. The van der Waals surface area contributed by atoms with Crippen LogP contribution in [-0.4, -0.2) is 35.9 Å². The van der Waals surface area contributed by atoms with Gasteiger partial charge in [-0.05, 0) is 6.92 Å². The molecule has 0 aromatic rings. The summed E-state index contributed by atoms with van der Waals surface area (Å²) in [6, 6.07) is 0. The number of carboxylic acids is 1. The van der Waals surface area contributed by atoms with Crippen LogP contribution in [0.3, 0.4) is 0 Å². The second-order valence-electron chi connectivity index (χ2n) is 2.56. The van der Waals surface area contributed by atoms with Gasteiger partial charge in [-0.25, -0.2) is 4.79 Å². The molecule has 0 fully saturated rings. The summed E-state index contributed by atoms with van der Waals surface area (Å²) in [5.74, 6) is -7.15. The number of aliphatic carboxylic acids is 1. The summed E-state index contributed by atoms with van der Waals surface area (Å²) in [6.07, 6.45) is -11.0. The number of hydrogen-bond acceptors (Lipinski definition) is 2. The van der Waals surface area contributed by atoms with Crippen molar-refractivity contribution in [1.29, 1.82) is 0 Å². The Morgan fingerprint density at radius 3 is 1.72 bits per heavy atom. The largest absolute Gasteiger partial charge is 0.478 e. The van der Waals surface area contributed by atoms with Crippen LogP contribution < -0.4 is 0 Å². The topological polar surface area (TPSA) is 46.5 Å². The van der Waals surface area contributed by atoms with Crippen molar-refractivity contribution in [3.05, 3.63) is 12.7 Å². The summed E-state index contributed by atoms with van der Waals surface area (Å²) in [5, 5.41) is 7.60. The Morgan fingerprint density at radius 2 is 1.56 bits per heavy atom. The standard InChI is InChI=1S/C5H5F7O.C3H4O2/c1-2-13-5(11,12)3(6,7)4(8,9)10;1-2-3(4)5/h2H2,1H3;2H,1H2,(H,4,5).